The largest absolute Gasteiger partial charge is 0.481 e. The van der Waals surface area contributed by atoms with Crippen molar-refractivity contribution < 1.29 is 34.1 Å². The summed E-state index contributed by atoms with van der Waals surface area (Å²) in [6.45, 7) is 0. The zero-order chi connectivity index (χ0) is 14.4. The van der Waals surface area contributed by atoms with Crippen LogP contribution in [-0.2, 0) is 27.2 Å². The fourth-order valence-electron chi connectivity index (χ4n) is 1.63. The van der Waals surface area contributed by atoms with Crippen molar-refractivity contribution in [3.05, 3.63) is 23.7 Å². The number of carboxylic acids is 3. The highest BCUT2D eigenvalue weighted by atomic mass is 16.4. The van der Waals surface area contributed by atoms with Gasteiger partial charge >= 0.3 is 17.9 Å². The number of hydrogen-bond donors (Lipinski definition) is 3. The highest BCUT2D eigenvalue weighted by molar-refractivity contribution is 5.72. The van der Waals surface area contributed by atoms with Gasteiger partial charge in [-0.1, -0.05) is 0 Å². The molecule has 0 spiro atoms. The van der Waals surface area contributed by atoms with Gasteiger partial charge in [0.2, 0.25) is 0 Å². The van der Waals surface area contributed by atoms with Crippen molar-refractivity contribution in [2.24, 2.45) is 5.92 Å². The summed E-state index contributed by atoms with van der Waals surface area (Å²) < 4.78 is 5.19. The van der Waals surface area contributed by atoms with Crippen molar-refractivity contribution in [2.75, 3.05) is 0 Å². The molecule has 0 amide bonds. The molecule has 0 aliphatic carbocycles. The van der Waals surface area contributed by atoms with E-state index >= 15 is 0 Å². The van der Waals surface area contributed by atoms with E-state index in [4.69, 9.17) is 19.7 Å². The van der Waals surface area contributed by atoms with E-state index in [2.05, 4.69) is 0 Å². The van der Waals surface area contributed by atoms with Crippen LogP contribution in [0.4, 0.5) is 0 Å². The second kappa shape index (κ2) is 6.58. The van der Waals surface area contributed by atoms with E-state index in [-0.39, 0.29) is 31.4 Å². The lowest BCUT2D eigenvalue weighted by atomic mass is 9.98. The van der Waals surface area contributed by atoms with Gasteiger partial charge in [-0.15, -0.1) is 0 Å². The lowest BCUT2D eigenvalue weighted by molar-refractivity contribution is -0.143. The molecule has 7 nitrogen and oxygen atoms in total. The minimum atomic E-state index is -1.10. The minimum absolute atomic E-state index is 0.000367. The van der Waals surface area contributed by atoms with E-state index in [1.807, 2.05) is 0 Å². The second-order valence-corrected chi connectivity index (χ2v) is 4.11. The summed E-state index contributed by atoms with van der Waals surface area (Å²) in [7, 11) is 0. The molecule has 7 heteroatoms. The molecule has 3 N–H and O–H groups in total. The van der Waals surface area contributed by atoms with Crippen molar-refractivity contribution in [3.8, 4) is 0 Å². The first-order valence-corrected chi connectivity index (χ1v) is 5.62. The Kier molecular flexibility index (Phi) is 5.11. The van der Waals surface area contributed by atoms with Crippen LogP contribution in [0.15, 0.2) is 16.5 Å². The van der Waals surface area contributed by atoms with Crippen molar-refractivity contribution in [1.82, 2.24) is 0 Å². The maximum atomic E-state index is 11.0. The van der Waals surface area contributed by atoms with Crippen molar-refractivity contribution >= 4 is 17.9 Å². The number of carboxylic acid groups (broad SMARTS) is 3. The van der Waals surface area contributed by atoms with Crippen molar-refractivity contribution in [3.63, 3.8) is 0 Å². The van der Waals surface area contributed by atoms with Crippen LogP contribution in [0, 0.1) is 5.92 Å². The minimum Gasteiger partial charge on any atom is -0.481 e. The molecule has 104 valence electrons. The fourth-order valence-corrected chi connectivity index (χ4v) is 1.63. The number of furan rings is 1. The van der Waals surface area contributed by atoms with Crippen LogP contribution in [-0.4, -0.2) is 33.2 Å². The smallest absolute Gasteiger partial charge is 0.311 e. The third-order valence-electron chi connectivity index (χ3n) is 2.55. The molecule has 0 saturated carbocycles. The summed E-state index contributed by atoms with van der Waals surface area (Å²) in [6, 6.07) is 2.98. The van der Waals surface area contributed by atoms with Gasteiger partial charge in [-0.25, -0.2) is 0 Å². The molecule has 1 unspecified atom stereocenters. The molecular weight excluding hydrogens is 256 g/mol. The second-order valence-electron chi connectivity index (χ2n) is 4.11. The standard InChI is InChI=1S/C12H14O7/c13-10(14)4-1-7(12(17)18)5-8-2-3-9(19-8)6-11(15)16/h2-3,7H,1,4-6H2,(H,13,14)(H,15,16)(H,17,18). The van der Waals surface area contributed by atoms with Crippen LogP contribution in [0.25, 0.3) is 0 Å². The van der Waals surface area contributed by atoms with Gasteiger partial charge in [-0.05, 0) is 18.6 Å². The van der Waals surface area contributed by atoms with Crippen molar-refractivity contribution in [1.29, 1.82) is 0 Å². The molecule has 0 fully saturated rings. The number of aliphatic carboxylic acids is 3. The SMILES string of the molecule is O=C(O)CCC(Cc1ccc(CC(=O)O)o1)C(=O)O. The molecular formula is C12H14O7. The summed E-state index contributed by atoms with van der Waals surface area (Å²) >= 11 is 0. The normalized spacial score (nSPS) is 12.0. The van der Waals surface area contributed by atoms with Crippen LogP contribution in [0.5, 0.6) is 0 Å². The van der Waals surface area contributed by atoms with Gasteiger partial charge in [0.05, 0.1) is 5.92 Å². The summed E-state index contributed by atoms with van der Waals surface area (Å²) in [6.07, 6.45) is -0.464. The molecule has 1 atom stereocenters. The zero-order valence-corrected chi connectivity index (χ0v) is 10.0. The highest BCUT2D eigenvalue weighted by Gasteiger charge is 2.21. The Balaban J connectivity index is 2.63. The average Bonchev–Trinajstić information content (AvgIpc) is 2.70. The molecule has 0 radical (unpaired) electrons. The molecule has 0 aliphatic rings. The van der Waals surface area contributed by atoms with Gasteiger partial charge in [-0.2, -0.15) is 0 Å². The topological polar surface area (TPSA) is 125 Å². The summed E-state index contributed by atoms with van der Waals surface area (Å²) in [5.41, 5.74) is 0. The van der Waals surface area contributed by atoms with Gasteiger partial charge in [0.1, 0.15) is 17.9 Å². The van der Waals surface area contributed by atoms with Gasteiger partial charge in [0.15, 0.2) is 0 Å². The third-order valence-corrected chi connectivity index (χ3v) is 2.55. The molecule has 0 aliphatic heterocycles. The van der Waals surface area contributed by atoms with Gasteiger partial charge in [-0.3, -0.25) is 14.4 Å². The Hall–Kier alpha value is -2.31. The van der Waals surface area contributed by atoms with E-state index in [1.165, 1.54) is 12.1 Å². The summed E-state index contributed by atoms with van der Waals surface area (Å²) in [5.74, 6) is -3.48. The van der Waals surface area contributed by atoms with Gasteiger partial charge in [0.25, 0.3) is 0 Å². The summed E-state index contributed by atoms with van der Waals surface area (Å²) in [4.78, 5) is 31.9. The van der Waals surface area contributed by atoms with Crippen LogP contribution in [0.3, 0.4) is 0 Å². The number of hydrogen-bond acceptors (Lipinski definition) is 4. The molecule has 0 bridgehead atoms. The molecule has 1 aromatic rings. The van der Waals surface area contributed by atoms with Gasteiger partial charge in [0, 0.05) is 12.8 Å². The molecule has 19 heavy (non-hydrogen) atoms. The average molecular weight is 270 g/mol. The lowest BCUT2D eigenvalue weighted by Crippen LogP contribution is -2.17. The Morgan fingerprint density at radius 2 is 1.68 bits per heavy atom. The third kappa shape index (κ3) is 5.24. The fraction of sp³-hybridized carbons (Fsp3) is 0.417. The van der Waals surface area contributed by atoms with Crippen LogP contribution >= 0.6 is 0 Å². The highest BCUT2D eigenvalue weighted by Crippen LogP contribution is 2.17. The van der Waals surface area contributed by atoms with E-state index in [9.17, 15) is 14.4 Å². The monoisotopic (exact) mass is 270 g/mol. The van der Waals surface area contributed by atoms with Crippen LogP contribution in [0.2, 0.25) is 0 Å². The van der Waals surface area contributed by atoms with E-state index in [1.54, 1.807) is 0 Å². The van der Waals surface area contributed by atoms with E-state index < -0.39 is 23.8 Å². The van der Waals surface area contributed by atoms with Crippen LogP contribution in [0.1, 0.15) is 24.4 Å². The first kappa shape index (κ1) is 14.7. The number of carbonyl (C=O) groups is 3. The number of rotatable bonds is 8. The molecule has 1 rings (SSSR count). The first-order valence-electron chi connectivity index (χ1n) is 5.62. The maximum absolute atomic E-state index is 11.0. The maximum Gasteiger partial charge on any atom is 0.311 e. The van der Waals surface area contributed by atoms with Gasteiger partial charge < -0.3 is 19.7 Å². The summed E-state index contributed by atoms with van der Waals surface area (Å²) in [5, 5.41) is 26.1. The molecule has 1 aromatic heterocycles. The quantitative estimate of drug-likeness (QED) is 0.643. The molecule has 1 heterocycles. The predicted molar refractivity (Wildman–Crippen MR) is 61.7 cm³/mol. The van der Waals surface area contributed by atoms with Crippen LogP contribution < -0.4 is 0 Å². The Morgan fingerprint density at radius 1 is 1.05 bits per heavy atom. The molecule has 0 saturated heterocycles. The van der Waals surface area contributed by atoms with Crippen molar-refractivity contribution in [2.45, 2.75) is 25.7 Å². The lowest BCUT2D eigenvalue weighted by Gasteiger charge is -2.08. The molecule has 0 aromatic carbocycles. The van der Waals surface area contributed by atoms with E-state index in [0.29, 0.717) is 5.76 Å². The first-order chi connectivity index (χ1) is 8.88. The Bertz CT molecular complexity index is 474. The Morgan fingerprint density at radius 3 is 2.21 bits per heavy atom. The predicted octanol–water partition coefficient (Wildman–Crippen LogP) is 1.01. The zero-order valence-electron chi connectivity index (χ0n) is 10.0. The Labute approximate surface area is 108 Å². The van der Waals surface area contributed by atoms with E-state index in [0.717, 1.165) is 0 Å².